The fourth-order valence-corrected chi connectivity index (χ4v) is 3.70. The van der Waals surface area contributed by atoms with Crippen LogP contribution >= 0.6 is 11.6 Å². The number of hydrogen-bond donors (Lipinski definition) is 0. The fraction of sp³-hybridized carbons (Fsp3) is 0.368. The smallest absolute Gasteiger partial charge is 0.195 e. The van der Waals surface area contributed by atoms with Gasteiger partial charge in [0.15, 0.2) is 11.5 Å². The summed E-state index contributed by atoms with van der Waals surface area (Å²) in [6, 6.07) is 7.51. The second-order valence-electron chi connectivity index (χ2n) is 6.64. The van der Waals surface area contributed by atoms with E-state index in [1.807, 2.05) is 0 Å². The molecule has 4 rings (SSSR count). The largest absolute Gasteiger partial charge is 0.363 e. The van der Waals surface area contributed by atoms with Gasteiger partial charge >= 0.3 is 0 Å². The lowest BCUT2D eigenvalue weighted by Gasteiger charge is -2.33. The highest BCUT2D eigenvalue weighted by molar-refractivity contribution is 6.30. The molecule has 0 bridgehead atoms. The van der Waals surface area contributed by atoms with Crippen LogP contribution in [0.2, 0.25) is 5.02 Å². The zero-order chi connectivity index (χ0) is 17.7. The van der Waals surface area contributed by atoms with Crippen molar-refractivity contribution in [1.29, 1.82) is 0 Å². The van der Waals surface area contributed by atoms with Gasteiger partial charge in [0, 0.05) is 23.2 Å². The maximum absolute atomic E-state index is 15.6. The highest BCUT2D eigenvalue weighted by Crippen LogP contribution is 2.53. The van der Waals surface area contributed by atoms with Crippen LogP contribution in [0.1, 0.15) is 36.1 Å². The first kappa shape index (κ1) is 16.6. The molecule has 0 N–H and O–H groups in total. The van der Waals surface area contributed by atoms with Crippen molar-refractivity contribution in [3.05, 3.63) is 64.2 Å². The van der Waals surface area contributed by atoms with E-state index in [1.54, 1.807) is 24.4 Å². The molecule has 6 heteroatoms. The molecule has 25 heavy (non-hydrogen) atoms. The van der Waals surface area contributed by atoms with Crippen molar-refractivity contribution in [2.24, 2.45) is 0 Å². The number of carbonyl (C=O) groups excluding carboxylic acids is 1. The zero-order valence-electron chi connectivity index (χ0n) is 13.4. The summed E-state index contributed by atoms with van der Waals surface area (Å²) in [5, 5.41) is 0.288. The molecule has 1 aliphatic carbocycles. The van der Waals surface area contributed by atoms with Crippen LogP contribution in [0.3, 0.4) is 0 Å². The fourth-order valence-electron chi connectivity index (χ4n) is 3.54. The number of ketones is 1. The van der Waals surface area contributed by atoms with E-state index >= 15 is 4.39 Å². The Bertz CT molecular complexity index is 853. The number of nitrogens with zero attached hydrogens (tertiary/aromatic N) is 1. The third kappa shape index (κ3) is 2.75. The number of Topliss-reactive ketones (excluding diaryl/α,β-unsaturated/α-hetero) is 1. The zero-order valence-corrected chi connectivity index (χ0v) is 14.2. The van der Waals surface area contributed by atoms with Gasteiger partial charge < -0.3 is 4.74 Å². The van der Waals surface area contributed by atoms with Crippen LogP contribution in [0.4, 0.5) is 8.78 Å². The van der Waals surface area contributed by atoms with Crippen molar-refractivity contribution < 1.29 is 18.3 Å². The lowest BCUT2D eigenvalue weighted by molar-refractivity contribution is -0.132. The average Bonchev–Trinajstić information content (AvgIpc) is 3.39. The molecule has 0 unspecified atom stereocenters. The van der Waals surface area contributed by atoms with Crippen LogP contribution in [-0.2, 0) is 27.2 Å². The molecule has 130 valence electrons. The summed E-state index contributed by atoms with van der Waals surface area (Å²) in [6.45, 7) is 0.511. The minimum atomic E-state index is -2.09. The molecule has 2 atom stereocenters. The first-order valence-electron chi connectivity index (χ1n) is 8.21. The molecule has 1 fully saturated rings. The number of halogens is 3. The number of benzene rings is 1. The van der Waals surface area contributed by atoms with Crippen molar-refractivity contribution in [2.45, 2.75) is 37.0 Å². The van der Waals surface area contributed by atoms with E-state index in [2.05, 4.69) is 4.98 Å². The molecule has 1 aliphatic heterocycles. The second kappa shape index (κ2) is 5.85. The molecular formula is C19H16ClF2NO2. The minimum absolute atomic E-state index is 0.0631. The Balaban J connectivity index is 1.57. The van der Waals surface area contributed by atoms with E-state index in [-0.39, 0.29) is 24.3 Å². The molecule has 0 radical (unpaired) electrons. The third-order valence-electron chi connectivity index (χ3n) is 5.11. The van der Waals surface area contributed by atoms with E-state index in [0.717, 1.165) is 0 Å². The number of carbonyl (C=O) groups is 1. The summed E-state index contributed by atoms with van der Waals surface area (Å²) in [5.74, 6) is -1.03. The molecule has 0 saturated carbocycles. The summed E-state index contributed by atoms with van der Waals surface area (Å²) in [6.07, 6.45) is 2.12. The summed E-state index contributed by atoms with van der Waals surface area (Å²) in [4.78, 5) is 16.9. The number of alkyl halides is 1. The summed E-state index contributed by atoms with van der Waals surface area (Å²) >= 11 is 5.73. The summed E-state index contributed by atoms with van der Waals surface area (Å²) < 4.78 is 35.0. The standard InChI is InChI=1S/C19H16ClF2NO2/c20-13-5-3-12(15(21)10-13)4-6-16(24)19(22)8-7-18(11-25-18)17-14(19)2-1-9-23-17/h1-3,5,9-10H,4,6-8,11H2/t18-,19-/m0/s1. The van der Waals surface area contributed by atoms with Gasteiger partial charge in [0.2, 0.25) is 0 Å². The SMILES string of the molecule is O=C(CCc1ccc(Cl)cc1F)[C@]1(F)CC[C@]2(CO2)c2ncccc21. The Morgan fingerprint density at radius 1 is 1.32 bits per heavy atom. The van der Waals surface area contributed by atoms with Gasteiger partial charge in [-0.1, -0.05) is 23.7 Å². The molecule has 1 aromatic carbocycles. The molecule has 1 spiro atoms. The van der Waals surface area contributed by atoms with Crippen molar-refractivity contribution >= 4 is 17.4 Å². The number of rotatable bonds is 4. The number of aromatic nitrogens is 1. The minimum Gasteiger partial charge on any atom is -0.363 e. The third-order valence-corrected chi connectivity index (χ3v) is 5.35. The molecule has 2 aliphatic rings. The highest BCUT2D eigenvalue weighted by atomic mass is 35.5. The lowest BCUT2D eigenvalue weighted by Crippen LogP contribution is -2.39. The Hall–Kier alpha value is -1.85. The number of fused-ring (bicyclic) bond motifs is 2. The van der Waals surface area contributed by atoms with Gasteiger partial charge in [0.05, 0.1) is 12.3 Å². The molecule has 1 saturated heterocycles. The predicted molar refractivity (Wildman–Crippen MR) is 88.6 cm³/mol. The van der Waals surface area contributed by atoms with Crippen LogP contribution in [0, 0.1) is 5.82 Å². The second-order valence-corrected chi connectivity index (χ2v) is 7.08. The average molecular weight is 364 g/mol. The monoisotopic (exact) mass is 363 g/mol. The molecule has 0 amide bonds. The number of ether oxygens (including phenoxy) is 1. The van der Waals surface area contributed by atoms with E-state index in [0.29, 0.717) is 29.8 Å². The number of aryl methyl sites for hydroxylation is 1. The van der Waals surface area contributed by atoms with Crippen molar-refractivity contribution in [3.63, 3.8) is 0 Å². The Kier molecular flexibility index (Phi) is 3.89. The van der Waals surface area contributed by atoms with Gasteiger partial charge in [-0.25, -0.2) is 8.78 Å². The summed E-state index contributed by atoms with van der Waals surface area (Å²) in [5.41, 5.74) is -1.45. The molecule has 2 aromatic rings. The van der Waals surface area contributed by atoms with Crippen LogP contribution in [-0.4, -0.2) is 17.4 Å². The van der Waals surface area contributed by atoms with Crippen LogP contribution < -0.4 is 0 Å². The molecule has 3 nitrogen and oxygen atoms in total. The maximum Gasteiger partial charge on any atom is 0.195 e. The van der Waals surface area contributed by atoms with Crippen LogP contribution in [0.25, 0.3) is 0 Å². The Morgan fingerprint density at radius 2 is 2.12 bits per heavy atom. The van der Waals surface area contributed by atoms with Gasteiger partial charge in [-0.2, -0.15) is 0 Å². The van der Waals surface area contributed by atoms with Crippen molar-refractivity contribution in [3.8, 4) is 0 Å². The quantitative estimate of drug-likeness (QED) is 0.762. The molecular weight excluding hydrogens is 348 g/mol. The molecule has 1 aromatic heterocycles. The van der Waals surface area contributed by atoms with E-state index < -0.39 is 22.9 Å². The van der Waals surface area contributed by atoms with Gasteiger partial charge in [0.1, 0.15) is 11.4 Å². The topological polar surface area (TPSA) is 42.5 Å². The highest BCUT2D eigenvalue weighted by Gasteiger charge is 2.58. The van der Waals surface area contributed by atoms with Gasteiger partial charge in [-0.3, -0.25) is 9.78 Å². The first-order chi connectivity index (χ1) is 11.9. The predicted octanol–water partition coefficient (Wildman–Crippen LogP) is 4.26. The van der Waals surface area contributed by atoms with Gasteiger partial charge in [-0.15, -0.1) is 0 Å². The Morgan fingerprint density at radius 3 is 2.84 bits per heavy atom. The molecule has 2 heterocycles. The number of epoxide rings is 1. The maximum atomic E-state index is 15.6. The van der Waals surface area contributed by atoms with E-state index in [9.17, 15) is 9.18 Å². The normalized spacial score (nSPS) is 27.2. The van der Waals surface area contributed by atoms with Crippen molar-refractivity contribution in [2.75, 3.05) is 6.61 Å². The van der Waals surface area contributed by atoms with Gasteiger partial charge in [-0.05, 0) is 43.0 Å². The summed E-state index contributed by atoms with van der Waals surface area (Å²) in [7, 11) is 0. The van der Waals surface area contributed by atoms with E-state index in [4.69, 9.17) is 16.3 Å². The first-order valence-corrected chi connectivity index (χ1v) is 8.58. The van der Waals surface area contributed by atoms with E-state index in [1.165, 1.54) is 12.1 Å². The van der Waals surface area contributed by atoms with Crippen LogP contribution in [0.5, 0.6) is 0 Å². The number of hydrogen-bond acceptors (Lipinski definition) is 3. The van der Waals surface area contributed by atoms with Gasteiger partial charge in [0.25, 0.3) is 0 Å². The Labute approximate surface area is 149 Å². The lowest BCUT2D eigenvalue weighted by atomic mass is 9.74. The number of pyridine rings is 1. The van der Waals surface area contributed by atoms with Crippen LogP contribution in [0.15, 0.2) is 36.5 Å². The van der Waals surface area contributed by atoms with Crippen molar-refractivity contribution in [1.82, 2.24) is 4.98 Å².